The summed E-state index contributed by atoms with van der Waals surface area (Å²) >= 11 is 3.22. The smallest absolute Gasteiger partial charge is 0.240 e. The predicted octanol–water partition coefficient (Wildman–Crippen LogP) is 4.77. The summed E-state index contributed by atoms with van der Waals surface area (Å²) in [5.41, 5.74) is 3.51. The lowest BCUT2D eigenvalue weighted by Gasteiger charge is -2.25. The molecule has 134 valence electrons. The number of carbonyl (C=O) groups excluding carboxylic acids is 1. The first-order chi connectivity index (χ1) is 12.5. The Kier molecular flexibility index (Phi) is 4.49. The van der Waals surface area contributed by atoms with E-state index in [4.69, 9.17) is 0 Å². The second kappa shape index (κ2) is 6.67. The number of aryl methyl sites for hydroxylation is 2. The summed E-state index contributed by atoms with van der Waals surface area (Å²) in [5, 5.41) is 1.79. The van der Waals surface area contributed by atoms with Crippen LogP contribution in [-0.4, -0.2) is 27.2 Å². The van der Waals surface area contributed by atoms with Gasteiger partial charge in [-0.3, -0.25) is 4.79 Å². The van der Waals surface area contributed by atoms with E-state index in [2.05, 4.69) is 36.8 Å². The SMILES string of the molecule is Cc1sc2ncnc(S[C@H](C)C(=O)N3c4ccccc4C[C@@H]3C)c2c1C. The van der Waals surface area contributed by atoms with Gasteiger partial charge in [0.1, 0.15) is 16.2 Å². The number of amides is 1. The molecule has 0 fully saturated rings. The fraction of sp³-hybridized carbons (Fsp3) is 0.350. The number of thiophene rings is 1. The summed E-state index contributed by atoms with van der Waals surface area (Å²) in [7, 11) is 0. The number of carbonyl (C=O) groups is 1. The molecule has 2 aromatic heterocycles. The Morgan fingerprint density at radius 2 is 2.08 bits per heavy atom. The average Bonchev–Trinajstić information content (AvgIpc) is 3.10. The molecule has 3 aromatic rings. The van der Waals surface area contributed by atoms with Gasteiger partial charge in [-0.2, -0.15) is 0 Å². The summed E-state index contributed by atoms with van der Waals surface area (Å²) in [4.78, 5) is 26.3. The molecule has 0 aliphatic carbocycles. The Morgan fingerprint density at radius 3 is 2.88 bits per heavy atom. The van der Waals surface area contributed by atoms with E-state index in [0.717, 1.165) is 27.4 Å². The van der Waals surface area contributed by atoms with E-state index in [1.54, 1.807) is 17.7 Å². The van der Waals surface area contributed by atoms with Crippen LogP contribution in [0, 0.1) is 13.8 Å². The van der Waals surface area contributed by atoms with Crippen LogP contribution in [-0.2, 0) is 11.2 Å². The molecule has 0 radical (unpaired) electrons. The molecule has 3 heterocycles. The molecule has 2 atom stereocenters. The van der Waals surface area contributed by atoms with E-state index in [9.17, 15) is 4.79 Å². The molecule has 0 N–H and O–H groups in total. The zero-order valence-electron chi connectivity index (χ0n) is 15.3. The zero-order chi connectivity index (χ0) is 18.4. The molecule has 0 unspecified atom stereocenters. The number of hydrogen-bond donors (Lipinski definition) is 0. The van der Waals surface area contributed by atoms with Crippen LogP contribution in [0.25, 0.3) is 10.2 Å². The summed E-state index contributed by atoms with van der Waals surface area (Å²) in [5.74, 6) is 0.142. The highest BCUT2D eigenvalue weighted by Crippen LogP contribution is 2.38. The van der Waals surface area contributed by atoms with Crippen molar-refractivity contribution < 1.29 is 4.79 Å². The van der Waals surface area contributed by atoms with Crippen LogP contribution in [0.4, 0.5) is 5.69 Å². The van der Waals surface area contributed by atoms with Crippen LogP contribution in [0.1, 0.15) is 29.9 Å². The Labute approximate surface area is 161 Å². The molecule has 0 saturated heterocycles. The monoisotopic (exact) mass is 383 g/mol. The van der Waals surface area contributed by atoms with Gasteiger partial charge in [0.2, 0.25) is 5.91 Å². The van der Waals surface area contributed by atoms with E-state index < -0.39 is 0 Å². The molecular weight excluding hydrogens is 362 g/mol. The van der Waals surface area contributed by atoms with Gasteiger partial charge >= 0.3 is 0 Å². The van der Waals surface area contributed by atoms with E-state index in [1.165, 1.54) is 27.8 Å². The van der Waals surface area contributed by atoms with E-state index in [1.807, 2.05) is 30.0 Å². The van der Waals surface area contributed by atoms with Crippen molar-refractivity contribution in [3.8, 4) is 0 Å². The van der Waals surface area contributed by atoms with Crippen molar-refractivity contribution in [2.45, 2.75) is 50.4 Å². The van der Waals surface area contributed by atoms with Crippen molar-refractivity contribution in [3.63, 3.8) is 0 Å². The highest BCUT2D eigenvalue weighted by molar-refractivity contribution is 8.00. The first-order valence-electron chi connectivity index (χ1n) is 8.75. The van der Waals surface area contributed by atoms with Gasteiger partial charge in [0.05, 0.1) is 5.25 Å². The molecule has 1 aliphatic rings. The molecule has 1 amide bonds. The summed E-state index contributed by atoms with van der Waals surface area (Å²) < 4.78 is 0. The van der Waals surface area contributed by atoms with Crippen molar-refractivity contribution >= 4 is 44.9 Å². The standard InChI is InChI=1S/C20H21N3OS2/c1-11-9-15-7-5-6-8-16(15)23(11)20(24)14(4)26-19-17-12(2)13(3)25-18(17)21-10-22-19/h5-8,10-11,14H,9H2,1-4H3/t11-,14+/m0/s1. The molecular formula is C20H21N3OS2. The summed E-state index contributed by atoms with van der Waals surface area (Å²) in [6.45, 7) is 8.30. The number of thioether (sulfide) groups is 1. The van der Waals surface area contributed by atoms with Crippen LogP contribution in [0.2, 0.25) is 0 Å². The molecule has 4 rings (SSSR count). The minimum absolute atomic E-state index is 0.142. The largest absolute Gasteiger partial charge is 0.308 e. The zero-order valence-corrected chi connectivity index (χ0v) is 16.9. The molecule has 4 nitrogen and oxygen atoms in total. The fourth-order valence-corrected chi connectivity index (χ4v) is 5.64. The number of fused-ring (bicyclic) bond motifs is 2. The topological polar surface area (TPSA) is 46.1 Å². The molecule has 6 heteroatoms. The van der Waals surface area contributed by atoms with Crippen molar-refractivity contribution in [1.82, 2.24) is 9.97 Å². The predicted molar refractivity (Wildman–Crippen MR) is 109 cm³/mol. The van der Waals surface area contributed by atoms with Crippen molar-refractivity contribution in [1.29, 1.82) is 0 Å². The van der Waals surface area contributed by atoms with Crippen LogP contribution >= 0.6 is 23.1 Å². The Bertz CT molecular complexity index is 998. The van der Waals surface area contributed by atoms with Gasteiger partial charge in [-0.1, -0.05) is 30.0 Å². The molecule has 1 aromatic carbocycles. The van der Waals surface area contributed by atoms with Crippen molar-refractivity contribution in [2.75, 3.05) is 4.90 Å². The normalized spacial score (nSPS) is 17.5. The van der Waals surface area contributed by atoms with Gasteiger partial charge in [0.15, 0.2) is 0 Å². The van der Waals surface area contributed by atoms with E-state index >= 15 is 0 Å². The van der Waals surface area contributed by atoms with Crippen molar-refractivity contribution in [3.05, 3.63) is 46.6 Å². The van der Waals surface area contributed by atoms with Crippen LogP contribution in [0.5, 0.6) is 0 Å². The van der Waals surface area contributed by atoms with Gasteiger partial charge < -0.3 is 4.90 Å². The third-order valence-electron chi connectivity index (χ3n) is 5.01. The highest BCUT2D eigenvalue weighted by Gasteiger charge is 2.33. The number of benzene rings is 1. The van der Waals surface area contributed by atoms with Crippen LogP contribution < -0.4 is 4.90 Å². The third kappa shape index (κ3) is 2.81. The first-order valence-corrected chi connectivity index (χ1v) is 10.4. The molecule has 0 spiro atoms. The molecule has 1 aliphatic heterocycles. The molecule has 0 bridgehead atoms. The lowest BCUT2D eigenvalue weighted by molar-refractivity contribution is -0.118. The Morgan fingerprint density at radius 1 is 1.31 bits per heavy atom. The van der Waals surface area contributed by atoms with Gasteiger partial charge in [0.25, 0.3) is 0 Å². The Hall–Kier alpha value is -1.92. The quantitative estimate of drug-likeness (QED) is 0.483. The number of hydrogen-bond acceptors (Lipinski definition) is 5. The van der Waals surface area contributed by atoms with E-state index in [0.29, 0.717) is 0 Å². The van der Waals surface area contributed by atoms with Crippen LogP contribution in [0.15, 0.2) is 35.6 Å². The number of aromatic nitrogens is 2. The lowest BCUT2D eigenvalue weighted by atomic mass is 10.1. The minimum Gasteiger partial charge on any atom is -0.308 e. The maximum Gasteiger partial charge on any atom is 0.240 e. The highest BCUT2D eigenvalue weighted by atomic mass is 32.2. The third-order valence-corrected chi connectivity index (χ3v) is 7.21. The van der Waals surface area contributed by atoms with Gasteiger partial charge in [-0.25, -0.2) is 9.97 Å². The average molecular weight is 384 g/mol. The first kappa shape index (κ1) is 17.5. The van der Waals surface area contributed by atoms with E-state index in [-0.39, 0.29) is 17.2 Å². The number of rotatable bonds is 3. The number of para-hydroxylation sites is 1. The second-order valence-corrected chi connectivity index (χ2v) is 9.33. The second-order valence-electron chi connectivity index (χ2n) is 6.79. The maximum absolute atomic E-state index is 13.2. The van der Waals surface area contributed by atoms with Crippen molar-refractivity contribution in [2.24, 2.45) is 0 Å². The van der Waals surface area contributed by atoms with Gasteiger partial charge in [-0.15, -0.1) is 11.3 Å². The number of anilines is 1. The minimum atomic E-state index is -0.207. The van der Waals surface area contributed by atoms with Gasteiger partial charge in [-0.05, 0) is 51.3 Å². The summed E-state index contributed by atoms with van der Waals surface area (Å²) in [6.07, 6.45) is 2.52. The lowest BCUT2D eigenvalue weighted by Crippen LogP contribution is -2.40. The summed E-state index contributed by atoms with van der Waals surface area (Å²) in [6, 6.07) is 8.39. The van der Waals surface area contributed by atoms with Crippen LogP contribution in [0.3, 0.4) is 0 Å². The molecule has 0 saturated carbocycles. The number of nitrogens with zero attached hydrogens (tertiary/aromatic N) is 3. The Balaban J connectivity index is 1.63. The molecule has 26 heavy (non-hydrogen) atoms. The van der Waals surface area contributed by atoms with Gasteiger partial charge in [0, 0.05) is 22.0 Å². The maximum atomic E-state index is 13.2. The fourth-order valence-electron chi connectivity index (χ4n) is 3.55.